The zero-order valence-electron chi connectivity index (χ0n) is 20.9. The van der Waals surface area contributed by atoms with E-state index in [9.17, 15) is 5.11 Å². The Morgan fingerprint density at radius 1 is 0.892 bits per heavy atom. The summed E-state index contributed by atoms with van der Waals surface area (Å²) in [6, 6.07) is 3.74. The molecule has 4 aromatic heterocycles. The van der Waals surface area contributed by atoms with Crippen LogP contribution in [0.25, 0.3) is 17.0 Å². The molecule has 190 valence electrons. The molecule has 3 N–H and O–H groups in total. The van der Waals surface area contributed by atoms with Gasteiger partial charge in [-0.25, -0.2) is 29.3 Å². The van der Waals surface area contributed by atoms with Crippen molar-refractivity contribution in [3.05, 3.63) is 55.3 Å². The molecule has 2 unspecified atom stereocenters. The van der Waals surface area contributed by atoms with Gasteiger partial charge in [-0.1, -0.05) is 13.8 Å². The molecule has 4 bridgehead atoms. The first-order chi connectivity index (χ1) is 17.6. The Labute approximate surface area is 213 Å². The molecule has 0 radical (unpaired) electrons. The van der Waals surface area contributed by atoms with E-state index in [1.807, 2.05) is 18.3 Å². The predicted molar refractivity (Wildman–Crippen MR) is 137 cm³/mol. The summed E-state index contributed by atoms with van der Waals surface area (Å²) >= 11 is 0. The van der Waals surface area contributed by atoms with Crippen LogP contribution in [0, 0.1) is 16.6 Å². The number of anilines is 3. The average molecular weight is 501 g/mol. The Kier molecular flexibility index (Phi) is 4.53. The van der Waals surface area contributed by atoms with Crippen LogP contribution in [0.5, 0.6) is 0 Å². The highest BCUT2D eigenvalue weighted by molar-refractivity contribution is 5.66. The molecule has 4 aliphatic rings. The van der Waals surface area contributed by atoms with Gasteiger partial charge in [0.05, 0.1) is 47.5 Å². The second-order valence-corrected chi connectivity index (χ2v) is 12.2. The van der Waals surface area contributed by atoms with Gasteiger partial charge in [0.2, 0.25) is 5.95 Å². The van der Waals surface area contributed by atoms with Gasteiger partial charge in [0.25, 0.3) is 0 Å². The molecular weight excluding hydrogens is 471 g/mol. The summed E-state index contributed by atoms with van der Waals surface area (Å²) < 4.78 is 16.9. The minimum absolute atomic E-state index is 0.0724. The zero-order chi connectivity index (χ0) is 25.5. The number of fused-ring (bicyclic) bond motifs is 1. The first-order valence-electron chi connectivity index (χ1n) is 12.7. The van der Waals surface area contributed by atoms with Crippen LogP contribution in [0.15, 0.2) is 49.4 Å². The Bertz CT molecular complexity index is 1470. The van der Waals surface area contributed by atoms with Gasteiger partial charge >= 0.3 is 0 Å². The van der Waals surface area contributed by atoms with Crippen molar-refractivity contribution in [3.63, 3.8) is 0 Å². The van der Waals surface area contributed by atoms with Crippen LogP contribution >= 0.6 is 0 Å². The quantitative estimate of drug-likeness (QED) is 0.360. The second kappa shape index (κ2) is 7.44. The lowest BCUT2D eigenvalue weighted by Gasteiger charge is -2.68. The highest BCUT2D eigenvalue weighted by Gasteiger charge is 2.65. The van der Waals surface area contributed by atoms with Crippen LogP contribution in [-0.2, 0) is 0 Å². The third kappa shape index (κ3) is 3.81. The number of hydrogen-bond donors (Lipinski definition) is 3. The molecule has 10 heteroatoms. The Morgan fingerprint density at radius 2 is 1.65 bits per heavy atom. The number of hydrogen-bond acceptors (Lipinski definition) is 8. The maximum atomic E-state index is 15.1. The monoisotopic (exact) mass is 500 g/mol. The minimum atomic E-state index is -0.678. The Hall–Kier alpha value is -3.66. The van der Waals surface area contributed by atoms with Crippen LogP contribution in [0.2, 0.25) is 0 Å². The second-order valence-electron chi connectivity index (χ2n) is 12.2. The maximum absolute atomic E-state index is 15.1. The van der Waals surface area contributed by atoms with E-state index in [0.29, 0.717) is 23.7 Å². The van der Waals surface area contributed by atoms with Gasteiger partial charge in [-0.2, -0.15) is 0 Å². The number of aromatic nitrogens is 6. The van der Waals surface area contributed by atoms with Crippen molar-refractivity contribution >= 4 is 23.0 Å². The van der Waals surface area contributed by atoms with E-state index in [0.717, 1.165) is 43.5 Å². The summed E-state index contributed by atoms with van der Waals surface area (Å²) in [5.41, 5.74) is 2.03. The molecule has 4 heterocycles. The summed E-state index contributed by atoms with van der Waals surface area (Å²) in [5.74, 6) is -0.148. The van der Waals surface area contributed by atoms with Gasteiger partial charge in [-0.3, -0.25) is 4.40 Å². The normalized spacial score (nSPS) is 32.1. The maximum Gasteiger partial charge on any atom is 0.223 e. The summed E-state index contributed by atoms with van der Waals surface area (Å²) in [6.07, 6.45) is 14.8. The summed E-state index contributed by atoms with van der Waals surface area (Å²) in [5, 5.41) is 18.2. The number of nitrogens with one attached hydrogen (secondary N) is 2. The fourth-order valence-electron chi connectivity index (χ4n) is 8.37. The smallest absolute Gasteiger partial charge is 0.223 e. The van der Waals surface area contributed by atoms with Crippen molar-refractivity contribution in [2.75, 3.05) is 10.6 Å². The number of rotatable bonds is 5. The first kappa shape index (κ1) is 22.5. The number of aliphatic hydroxyl groups is 1. The Balaban J connectivity index is 1.23. The van der Waals surface area contributed by atoms with Gasteiger partial charge in [0, 0.05) is 11.7 Å². The van der Waals surface area contributed by atoms with Crippen LogP contribution in [0.3, 0.4) is 0 Å². The zero-order valence-corrected chi connectivity index (χ0v) is 20.9. The van der Waals surface area contributed by atoms with Crippen LogP contribution in [-0.4, -0.2) is 45.6 Å². The fourth-order valence-corrected chi connectivity index (χ4v) is 8.37. The lowest BCUT2D eigenvalue weighted by atomic mass is 9.41. The highest BCUT2D eigenvalue weighted by Crippen LogP contribution is 2.68. The predicted octanol–water partition coefficient (Wildman–Crippen LogP) is 4.74. The SMILES string of the molecule is C[C@]12CC3(O)CC(Nc4ncc(F)c(-c5cnc6ccc(Nc7cncnc7)cn56)n4)(C1)C[C@@](C)(C3)C2. The van der Waals surface area contributed by atoms with Gasteiger partial charge in [-0.15, -0.1) is 0 Å². The topological polar surface area (TPSA) is 113 Å². The third-order valence-corrected chi connectivity index (χ3v) is 8.28. The Morgan fingerprint density at radius 3 is 2.38 bits per heavy atom. The number of pyridine rings is 1. The van der Waals surface area contributed by atoms with Gasteiger partial charge in [0.15, 0.2) is 5.82 Å². The molecule has 4 fully saturated rings. The van der Waals surface area contributed by atoms with Crippen molar-refractivity contribution in [1.82, 2.24) is 29.3 Å². The van der Waals surface area contributed by atoms with Crippen LogP contribution < -0.4 is 10.6 Å². The van der Waals surface area contributed by atoms with Crippen molar-refractivity contribution in [2.45, 2.75) is 63.5 Å². The van der Waals surface area contributed by atoms with E-state index in [2.05, 4.69) is 49.4 Å². The van der Waals surface area contributed by atoms with E-state index in [1.165, 1.54) is 12.5 Å². The molecule has 0 aliphatic heterocycles. The molecule has 0 saturated heterocycles. The summed E-state index contributed by atoms with van der Waals surface area (Å²) in [4.78, 5) is 21.5. The lowest BCUT2D eigenvalue weighted by molar-refractivity contribution is -0.192. The van der Waals surface area contributed by atoms with Crippen molar-refractivity contribution in [1.29, 1.82) is 0 Å². The van der Waals surface area contributed by atoms with Crippen molar-refractivity contribution in [3.8, 4) is 11.4 Å². The summed E-state index contributed by atoms with van der Waals surface area (Å²) in [6.45, 7) is 4.57. The minimum Gasteiger partial charge on any atom is -0.390 e. The largest absolute Gasteiger partial charge is 0.390 e. The number of nitrogens with zero attached hydrogens (tertiary/aromatic N) is 6. The van der Waals surface area contributed by atoms with E-state index in [-0.39, 0.29) is 22.1 Å². The standard InChI is InChI=1S/C27H29FN8O/c1-24-10-25(2)12-26(11-24,15-27(37,13-24)14-25)35-23-32-7-19(28)22(34-23)20-8-31-21-4-3-17(9-36(20)21)33-18-5-29-16-30-6-18/h3-9,16,33,37H,10-15H2,1-2H3,(H,32,34,35)/t24-,25+,26?,27?. The first-order valence-corrected chi connectivity index (χ1v) is 12.7. The molecule has 8 rings (SSSR count). The van der Waals surface area contributed by atoms with Crippen LogP contribution in [0.1, 0.15) is 52.4 Å². The molecule has 4 aromatic rings. The highest BCUT2D eigenvalue weighted by atomic mass is 19.1. The van der Waals surface area contributed by atoms with Gasteiger partial charge < -0.3 is 15.7 Å². The molecule has 0 spiro atoms. The molecule has 0 amide bonds. The van der Waals surface area contributed by atoms with E-state index < -0.39 is 11.4 Å². The molecule has 4 aliphatic carbocycles. The van der Waals surface area contributed by atoms with Crippen molar-refractivity contribution < 1.29 is 9.50 Å². The third-order valence-electron chi connectivity index (χ3n) is 8.28. The molecule has 4 saturated carbocycles. The van der Waals surface area contributed by atoms with E-state index >= 15 is 4.39 Å². The molecule has 37 heavy (non-hydrogen) atoms. The summed E-state index contributed by atoms with van der Waals surface area (Å²) in [7, 11) is 0. The lowest BCUT2D eigenvalue weighted by Crippen LogP contribution is -2.67. The molecular formula is C27H29FN8O. The number of imidazole rings is 1. The van der Waals surface area contributed by atoms with Gasteiger partial charge in [-0.05, 0) is 61.5 Å². The molecule has 9 nitrogen and oxygen atoms in total. The van der Waals surface area contributed by atoms with E-state index in [1.54, 1.807) is 23.0 Å². The van der Waals surface area contributed by atoms with Crippen LogP contribution in [0.4, 0.5) is 21.7 Å². The van der Waals surface area contributed by atoms with E-state index in [4.69, 9.17) is 0 Å². The molecule has 0 aromatic carbocycles. The van der Waals surface area contributed by atoms with Crippen molar-refractivity contribution in [2.24, 2.45) is 10.8 Å². The fraction of sp³-hybridized carbons (Fsp3) is 0.444. The van der Waals surface area contributed by atoms with Gasteiger partial charge in [0.1, 0.15) is 17.7 Å². The molecule has 4 atom stereocenters. The number of halogens is 1. The average Bonchev–Trinajstić information content (AvgIpc) is 3.21.